The van der Waals surface area contributed by atoms with Crippen LogP contribution in [-0.4, -0.2) is 57.5 Å². The number of amides is 1. The van der Waals surface area contributed by atoms with Gasteiger partial charge in [0.1, 0.15) is 11.3 Å². The second-order valence-corrected chi connectivity index (χ2v) is 6.00. The second-order valence-electron chi connectivity index (χ2n) is 6.00. The highest BCUT2D eigenvalue weighted by Gasteiger charge is 2.38. The minimum Gasteiger partial charge on any atom is -0.475 e. The molecule has 1 aromatic carbocycles. The predicted octanol–water partition coefficient (Wildman–Crippen LogP) is 2.17. The summed E-state index contributed by atoms with van der Waals surface area (Å²) in [7, 11) is 0. The van der Waals surface area contributed by atoms with Crippen LogP contribution in [0.5, 0.6) is 0 Å². The van der Waals surface area contributed by atoms with E-state index in [1.54, 1.807) is 6.20 Å². The van der Waals surface area contributed by atoms with Gasteiger partial charge in [0.25, 0.3) is 5.91 Å². The number of aromatic nitrogens is 2. The SMILES string of the molecule is CCN1CCC(n2cc3cc(F)cc(C(N)=O)c3n2)C1.O=C(O)C(F)(F)F. The molecule has 0 saturated carbocycles. The van der Waals surface area contributed by atoms with Gasteiger partial charge in [0, 0.05) is 24.7 Å². The maximum atomic E-state index is 13.5. The van der Waals surface area contributed by atoms with Crippen LogP contribution in [0.25, 0.3) is 10.9 Å². The Balaban J connectivity index is 0.000000321. The van der Waals surface area contributed by atoms with Gasteiger partial charge < -0.3 is 15.7 Å². The van der Waals surface area contributed by atoms with E-state index in [4.69, 9.17) is 15.6 Å². The van der Waals surface area contributed by atoms with Gasteiger partial charge in [-0.1, -0.05) is 6.92 Å². The van der Waals surface area contributed by atoms with Crippen molar-refractivity contribution in [1.29, 1.82) is 0 Å². The van der Waals surface area contributed by atoms with Crippen LogP contribution in [0.3, 0.4) is 0 Å². The summed E-state index contributed by atoms with van der Waals surface area (Å²) in [6.07, 6.45) is -2.27. The number of carboxylic acid groups (broad SMARTS) is 1. The minimum absolute atomic E-state index is 0.143. The number of carboxylic acids is 1. The van der Waals surface area contributed by atoms with Crippen molar-refractivity contribution in [2.45, 2.75) is 25.6 Å². The molecule has 2 aromatic rings. The molecule has 148 valence electrons. The molecule has 2 heterocycles. The third-order valence-electron chi connectivity index (χ3n) is 4.17. The zero-order valence-corrected chi connectivity index (χ0v) is 14.3. The number of rotatable bonds is 3. The fourth-order valence-electron chi connectivity index (χ4n) is 2.81. The van der Waals surface area contributed by atoms with Gasteiger partial charge in [-0.3, -0.25) is 9.48 Å². The Morgan fingerprint density at radius 3 is 2.48 bits per heavy atom. The standard InChI is InChI=1S/C14H17FN4O.C2HF3O2/c1-2-18-4-3-11(8-18)19-7-9-5-10(15)6-12(14(16)20)13(9)17-19;3-2(4,5)1(6)7/h5-7,11H,2-4,8H2,1H3,(H2,16,20);(H,6,7). The molecule has 27 heavy (non-hydrogen) atoms. The van der Waals surface area contributed by atoms with E-state index in [0.29, 0.717) is 10.9 Å². The first kappa shape index (κ1) is 20.6. The molecule has 1 aliphatic heterocycles. The average Bonchev–Trinajstić information content (AvgIpc) is 3.19. The summed E-state index contributed by atoms with van der Waals surface area (Å²) in [5, 5.41) is 12.2. The number of likely N-dealkylation sites (N-methyl/N-ethyl adjacent to an activating group) is 1. The van der Waals surface area contributed by atoms with E-state index in [0.717, 1.165) is 32.1 Å². The smallest absolute Gasteiger partial charge is 0.475 e. The van der Waals surface area contributed by atoms with Gasteiger partial charge in [0.2, 0.25) is 0 Å². The molecular weight excluding hydrogens is 372 g/mol. The van der Waals surface area contributed by atoms with Crippen molar-refractivity contribution in [2.75, 3.05) is 19.6 Å². The molecule has 0 spiro atoms. The second kappa shape index (κ2) is 7.91. The van der Waals surface area contributed by atoms with E-state index < -0.39 is 23.9 Å². The summed E-state index contributed by atoms with van der Waals surface area (Å²) in [5.41, 5.74) is 5.92. The van der Waals surface area contributed by atoms with Crippen LogP contribution in [0.15, 0.2) is 18.3 Å². The molecule has 11 heteroatoms. The van der Waals surface area contributed by atoms with Crippen LogP contribution in [-0.2, 0) is 4.79 Å². The van der Waals surface area contributed by atoms with Gasteiger partial charge in [-0.15, -0.1) is 0 Å². The summed E-state index contributed by atoms with van der Waals surface area (Å²) in [5.74, 6) is -3.87. The number of aliphatic carboxylic acids is 1. The number of alkyl halides is 3. The van der Waals surface area contributed by atoms with Crippen LogP contribution in [0, 0.1) is 5.82 Å². The summed E-state index contributed by atoms with van der Waals surface area (Å²) in [6.45, 7) is 5.11. The van der Waals surface area contributed by atoms with Crippen molar-refractivity contribution in [2.24, 2.45) is 5.73 Å². The van der Waals surface area contributed by atoms with Crippen LogP contribution in [0.4, 0.5) is 17.6 Å². The molecule has 1 aromatic heterocycles. The third kappa shape index (κ3) is 4.94. The molecule has 0 bridgehead atoms. The minimum atomic E-state index is -5.08. The number of nitrogens with two attached hydrogens (primary N) is 1. The van der Waals surface area contributed by atoms with E-state index in [-0.39, 0.29) is 11.6 Å². The molecule has 1 fully saturated rings. The van der Waals surface area contributed by atoms with E-state index in [2.05, 4.69) is 16.9 Å². The number of carbonyl (C=O) groups is 2. The van der Waals surface area contributed by atoms with Crippen LogP contribution in [0.1, 0.15) is 29.7 Å². The first-order valence-electron chi connectivity index (χ1n) is 8.03. The zero-order valence-electron chi connectivity index (χ0n) is 14.3. The summed E-state index contributed by atoms with van der Waals surface area (Å²) in [6, 6.07) is 2.80. The Kier molecular flexibility index (Phi) is 6.04. The van der Waals surface area contributed by atoms with E-state index in [1.165, 1.54) is 6.07 Å². The molecule has 1 atom stereocenters. The topological polar surface area (TPSA) is 101 Å². The highest BCUT2D eigenvalue weighted by Crippen LogP contribution is 2.25. The lowest BCUT2D eigenvalue weighted by Gasteiger charge is -2.13. The maximum absolute atomic E-state index is 13.5. The largest absolute Gasteiger partial charge is 0.490 e. The van der Waals surface area contributed by atoms with Gasteiger partial charge in [-0.05, 0) is 25.1 Å². The lowest BCUT2D eigenvalue weighted by Crippen LogP contribution is -2.21. The van der Waals surface area contributed by atoms with Gasteiger partial charge >= 0.3 is 12.1 Å². The maximum Gasteiger partial charge on any atom is 0.490 e. The number of hydrogen-bond donors (Lipinski definition) is 2. The molecule has 7 nitrogen and oxygen atoms in total. The normalized spacial score (nSPS) is 17.6. The van der Waals surface area contributed by atoms with Crippen LogP contribution >= 0.6 is 0 Å². The fourth-order valence-corrected chi connectivity index (χ4v) is 2.81. The fraction of sp³-hybridized carbons (Fsp3) is 0.438. The monoisotopic (exact) mass is 390 g/mol. The Hall–Kier alpha value is -2.69. The first-order valence-corrected chi connectivity index (χ1v) is 8.03. The van der Waals surface area contributed by atoms with Crippen LogP contribution in [0.2, 0.25) is 0 Å². The Morgan fingerprint density at radius 1 is 1.37 bits per heavy atom. The summed E-state index contributed by atoms with van der Waals surface area (Å²) < 4.78 is 47.1. The summed E-state index contributed by atoms with van der Waals surface area (Å²) >= 11 is 0. The molecule has 1 saturated heterocycles. The van der Waals surface area contributed by atoms with E-state index in [9.17, 15) is 22.4 Å². The molecule has 1 amide bonds. The Labute approximate surface area is 151 Å². The molecule has 0 radical (unpaired) electrons. The number of likely N-dealkylation sites (tertiary alicyclic amines) is 1. The van der Waals surface area contributed by atoms with E-state index >= 15 is 0 Å². The molecule has 1 unspecified atom stereocenters. The highest BCUT2D eigenvalue weighted by molar-refractivity contribution is 6.04. The lowest BCUT2D eigenvalue weighted by molar-refractivity contribution is -0.192. The number of primary amides is 1. The van der Waals surface area contributed by atoms with Crippen molar-refractivity contribution in [3.63, 3.8) is 0 Å². The van der Waals surface area contributed by atoms with E-state index in [1.807, 2.05) is 4.68 Å². The number of carbonyl (C=O) groups excluding carboxylic acids is 1. The average molecular weight is 390 g/mol. The molecule has 1 aliphatic rings. The number of benzene rings is 1. The van der Waals surface area contributed by atoms with Crippen molar-refractivity contribution in [3.8, 4) is 0 Å². The number of fused-ring (bicyclic) bond motifs is 1. The van der Waals surface area contributed by atoms with Gasteiger partial charge in [-0.25, -0.2) is 9.18 Å². The van der Waals surface area contributed by atoms with Crippen LogP contribution < -0.4 is 5.73 Å². The molecular formula is C16H18F4N4O3. The van der Waals surface area contributed by atoms with Crippen molar-refractivity contribution >= 4 is 22.8 Å². The van der Waals surface area contributed by atoms with Gasteiger partial charge in [0.15, 0.2) is 0 Å². The summed E-state index contributed by atoms with van der Waals surface area (Å²) in [4.78, 5) is 22.6. The quantitative estimate of drug-likeness (QED) is 0.783. The van der Waals surface area contributed by atoms with Gasteiger partial charge in [0.05, 0.1) is 11.6 Å². The molecule has 3 rings (SSSR count). The first-order chi connectivity index (χ1) is 12.5. The third-order valence-corrected chi connectivity index (χ3v) is 4.17. The van der Waals surface area contributed by atoms with Crippen molar-refractivity contribution in [3.05, 3.63) is 29.7 Å². The highest BCUT2D eigenvalue weighted by atomic mass is 19.4. The Bertz CT molecular complexity index is 850. The number of hydrogen-bond acceptors (Lipinski definition) is 4. The zero-order chi connectivity index (χ0) is 20.4. The Morgan fingerprint density at radius 2 is 2.00 bits per heavy atom. The van der Waals surface area contributed by atoms with Crippen molar-refractivity contribution < 1.29 is 32.3 Å². The van der Waals surface area contributed by atoms with Crippen molar-refractivity contribution in [1.82, 2.24) is 14.7 Å². The predicted molar refractivity (Wildman–Crippen MR) is 87.7 cm³/mol. The lowest BCUT2D eigenvalue weighted by atomic mass is 10.1. The number of nitrogens with zero attached hydrogens (tertiary/aromatic N) is 3. The van der Waals surface area contributed by atoms with Gasteiger partial charge in [-0.2, -0.15) is 18.3 Å². The molecule has 0 aliphatic carbocycles. The molecule has 3 N–H and O–H groups in total. The number of halogens is 4.